The standard InChI is InChI=1S/C52H34N2/c1-3-16-35(17-4-1)39-20-11-13-28-48(39)53(36-18-5-2-6-19-36)37-30-32-38(33-31-37)54-49-29-14-12-25-45(49)52-46-27-15-26-44-42-23-9-7-21-40(42)41-22-8-10-24-43(41)47(51(44)46)34-50(52)54/h1-34H. The Morgan fingerprint density at radius 3 is 1.56 bits per heavy atom. The highest BCUT2D eigenvalue weighted by atomic mass is 15.1. The molecule has 0 N–H and O–H groups in total. The van der Waals surface area contributed by atoms with Gasteiger partial charge in [-0.25, -0.2) is 0 Å². The summed E-state index contributed by atoms with van der Waals surface area (Å²) in [6.07, 6.45) is 0. The van der Waals surface area contributed by atoms with Crippen LogP contribution in [0.3, 0.4) is 0 Å². The van der Waals surface area contributed by atoms with E-state index in [1.54, 1.807) is 0 Å². The van der Waals surface area contributed by atoms with E-state index in [9.17, 15) is 0 Å². The van der Waals surface area contributed by atoms with Gasteiger partial charge in [-0.05, 0) is 104 Å². The van der Waals surface area contributed by atoms with Gasteiger partial charge < -0.3 is 9.47 Å². The van der Waals surface area contributed by atoms with Gasteiger partial charge in [-0.3, -0.25) is 0 Å². The average molecular weight is 687 g/mol. The van der Waals surface area contributed by atoms with Crippen molar-refractivity contribution >= 4 is 49.6 Å². The van der Waals surface area contributed by atoms with E-state index in [0.29, 0.717) is 0 Å². The lowest BCUT2D eigenvalue weighted by atomic mass is 9.91. The first-order chi connectivity index (χ1) is 26.8. The maximum Gasteiger partial charge on any atom is 0.0553 e. The van der Waals surface area contributed by atoms with E-state index >= 15 is 0 Å². The van der Waals surface area contributed by atoms with Gasteiger partial charge >= 0.3 is 0 Å². The Morgan fingerprint density at radius 2 is 0.833 bits per heavy atom. The number of rotatable bonds is 5. The number of fused-ring (bicyclic) bond motifs is 9. The van der Waals surface area contributed by atoms with E-state index in [0.717, 1.165) is 22.7 Å². The van der Waals surface area contributed by atoms with E-state index in [4.69, 9.17) is 0 Å². The zero-order valence-electron chi connectivity index (χ0n) is 29.5. The molecule has 0 atom stereocenters. The monoisotopic (exact) mass is 686 g/mol. The van der Waals surface area contributed by atoms with Crippen molar-refractivity contribution in [1.29, 1.82) is 0 Å². The fourth-order valence-corrected chi connectivity index (χ4v) is 8.85. The van der Waals surface area contributed by atoms with Gasteiger partial charge in [0, 0.05) is 33.4 Å². The van der Waals surface area contributed by atoms with E-state index in [2.05, 4.69) is 216 Å². The highest BCUT2D eigenvalue weighted by Crippen LogP contribution is 2.51. The summed E-state index contributed by atoms with van der Waals surface area (Å²) in [6.45, 7) is 0. The molecule has 0 saturated heterocycles. The second kappa shape index (κ2) is 12.2. The fraction of sp³-hybridized carbons (Fsp3) is 0. The molecule has 1 heterocycles. The molecule has 1 aliphatic rings. The van der Waals surface area contributed by atoms with Crippen molar-refractivity contribution in [2.24, 2.45) is 0 Å². The minimum Gasteiger partial charge on any atom is -0.310 e. The summed E-state index contributed by atoms with van der Waals surface area (Å²) in [7, 11) is 0. The Balaban J connectivity index is 1.15. The normalized spacial score (nSPS) is 11.7. The van der Waals surface area contributed by atoms with Crippen molar-refractivity contribution in [3.63, 3.8) is 0 Å². The summed E-state index contributed by atoms with van der Waals surface area (Å²) >= 11 is 0. The predicted octanol–water partition coefficient (Wildman–Crippen LogP) is 14.4. The second-order valence-electron chi connectivity index (χ2n) is 14.1. The predicted molar refractivity (Wildman–Crippen MR) is 228 cm³/mol. The summed E-state index contributed by atoms with van der Waals surface area (Å²) < 4.78 is 2.46. The van der Waals surface area contributed by atoms with Gasteiger partial charge in [0.15, 0.2) is 0 Å². The zero-order chi connectivity index (χ0) is 35.6. The maximum absolute atomic E-state index is 2.46. The lowest BCUT2D eigenvalue weighted by Crippen LogP contribution is -2.11. The van der Waals surface area contributed by atoms with Crippen LogP contribution in [-0.4, -0.2) is 4.57 Å². The van der Waals surface area contributed by atoms with Gasteiger partial charge in [0.1, 0.15) is 0 Å². The number of anilines is 3. The molecule has 9 aromatic carbocycles. The van der Waals surface area contributed by atoms with Crippen LogP contribution >= 0.6 is 0 Å². The topological polar surface area (TPSA) is 8.17 Å². The Bertz CT molecular complexity index is 3030. The molecule has 0 radical (unpaired) electrons. The smallest absolute Gasteiger partial charge is 0.0553 e. The van der Waals surface area contributed by atoms with Crippen LogP contribution in [0.15, 0.2) is 206 Å². The van der Waals surface area contributed by atoms with Gasteiger partial charge in [-0.2, -0.15) is 0 Å². The zero-order valence-corrected chi connectivity index (χ0v) is 29.5. The van der Waals surface area contributed by atoms with Crippen LogP contribution < -0.4 is 4.90 Å². The van der Waals surface area contributed by atoms with Gasteiger partial charge in [0.05, 0.1) is 16.7 Å². The van der Waals surface area contributed by atoms with Gasteiger partial charge in [0.2, 0.25) is 0 Å². The number of hydrogen-bond acceptors (Lipinski definition) is 1. The van der Waals surface area contributed by atoms with Crippen molar-refractivity contribution in [1.82, 2.24) is 4.57 Å². The quantitative estimate of drug-likeness (QED) is 0.175. The Kier molecular flexibility index (Phi) is 6.90. The molecule has 0 unspecified atom stereocenters. The van der Waals surface area contributed by atoms with E-state index < -0.39 is 0 Å². The minimum atomic E-state index is 1.10. The summed E-state index contributed by atoms with van der Waals surface area (Å²) in [6, 6.07) is 75.1. The van der Waals surface area contributed by atoms with Crippen molar-refractivity contribution < 1.29 is 0 Å². The van der Waals surface area contributed by atoms with Crippen LogP contribution in [0.1, 0.15) is 0 Å². The first kappa shape index (κ1) is 30.5. The third kappa shape index (κ3) is 4.60. The fourth-order valence-electron chi connectivity index (χ4n) is 8.85. The van der Waals surface area contributed by atoms with Crippen molar-refractivity contribution in [2.75, 3.05) is 4.90 Å². The molecule has 0 saturated carbocycles. The Hall–Kier alpha value is -7.16. The Morgan fingerprint density at radius 1 is 0.315 bits per heavy atom. The molecule has 54 heavy (non-hydrogen) atoms. The molecule has 252 valence electrons. The molecule has 2 nitrogen and oxygen atoms in total. The summed E-state index contributed by atoms with van der Waals surface area (Å²) in [5, 5.41) is 5.14. The van der Waals surface area contributed by atoms with E-state index in [1.165, 1.54) is 77.1 Å². The number of hydrogen-bond donors (Lipinski definition) is 0. The van der Waals surface area contributed by atoms with Crippen LogP contribution in [0.25, 0.3) is 82.8 Å². The summed E-state index contributed by atoms with van der Waals surface area (Å²) in [4.78, 5) is 2.37. The first-order valence-electron chi connectivity index (χ1n) is 18.6. The molecular weight excluding hydrogens is 653 g/mol. The van der Waals surface area contributed by atoms with Crippen LogP contribution in [0.5, 0.6) is 0 Å². The summed E-state index contributed by atoms with van der Waals surface area (Å²) in [5.74, 6) is 0. The molecule has 11 rings (SSSR count). The van der Waals surface area contributed by atoms with Crippen LogP contribution in [0.2, 0.25) is 0 Å². The van der Waals surface area contributed by atoms with Crippen LogP contribution in [0, 0.1) is 0 Å². The number of nitrogens with zero attached hydrogens (tertiary/aromatic N) is 2. The third-order valence-corrected chi connectivity index (χ3v) is 11.1. The molecule has 0 fully saturated rings. The van der Waals surface area contributed by atoms with Crippen molar-refractivity contribution in [2.45, 2.75) is 0 Å². The molecule has 0 spiro atoms. The van der Waals surface area contributed by atoms with E-state index in [-0.39, 0.29) is 0 Å². The summed E-state index contributed by atoms with van der Waals surface area (Å²) in [5.41, 5.74) is 16.9. The lowest BCUT2D eigenvalue weighted by Gasteiger charge is -2.28. The molecule has 0 aliphatic heterocycles. The molecule has 1 aromatic heterocycles. The average Bonchev–Trinajstić information content (AvgIpc) is 3.53. The molecule has 0 bridgehead atoms. The third-order valence-electron chi connectivity index (χ3n) is 11.1. The SMILES string of the molecule is c1ccc(-c2ccccc2N(c2ccccc2)c2ccc(-n3c4ccccc4c4c5cccc6c5c(cc43)-c3ccccc3-c3ccccc3-6)cc2)cc1. The number of benzene rings is 9. The van der Waals surface area contributed by atoms with Crippen molar-refractivity contribution in [3.8, 4) is 50.2 Å². The first-order valence-corrected chi connectivity index (χ1v) is 18.6. The largest absolute Gasteiger partial charge is 0.310 e. The van der Waals surface area contributed by atoms with Crippen molar-refractivity contribution in [3.05, 3.63) is 206 Å². The van der Waals surface area contributed by atoms with E-state index in [1.807, 2.05) is 0 Å². The minimum absolute atomic E-state index is 1.10. The number of para-hydroxylation sites is 3. The van der Waals surface area contributed by atoms with Gasteiger partial charge in [0.25, 0.3) is 0 Å². The maximum atomic E-state index is 2.46. The van der Waals surface area contributed by atoms with Crippen LogP contribution in [0.4, 0.5) is 17.1 Å². The highest BCUT2D eigenvalue weighted by molar-refractivity contribution is 6.28. The van der Waals surface area contributed by atoms with Gasteiger partial charge in [-0.1, -0.05) is 152 Å². The Labute approximate surface area is 314 Å². The lowest BCUT2D eigenvalue weighted by molar-refractivity contribution is 1.17. The molecule has 1 aliphatic carbocycles. The molecule has 0 amide bonds. The second-order valence-corrected chi connectivity index (χ2v) is 14.1. The molecule has 10 aromatic rings. The molecular formula is C52H34N2. The highest BCUT2D eigenvalue weighted by Gasteiger charge is 2.25. The van der Waals surface area contributed by atoms with Crippen LogP contribution in [-0.2, 0) is 0 Å². The number of aromatic nitrogens is 1. The molecule has 2 heteroatoms. The van der Waals surface area contributed by atoms with Gasteiger partial charge in [-0.15, -0.1) is 0 Å².